The number of hydrogen-bond acceptors (Lipinski definition) is 10. The van der Waals surface area contributed by atoms with Gasteiger partial charge in [-0.15, -0.1) is 0 Å². The molecule has 0 bridgehead atoms. The zero-order chi connectivity index (χ0) is 28.6. The summed E-state index contributed by atoms with van der Waals surface area (Å²) in [5.74, 6) is 2.62. The van der Waals surface area contributed by atoms with Crippen molar-refractivity contribution in [3.05, 3.63) is 42.2 Å². The normalized spacial score (nSPS) is 23.5. The SMILES string of the molecule is CO[C@@H]1CCN(c2nccc(Nc3cc4c(C(C)C)ccc(N5C[C@H](CS(C)(=O)=O)[C@H]5C)c4cn3)n2)C[C@H]1CO. The molecule has 0 spiro atoms. The van der Waals surface area contributed by atoms with E-state index in [9.17, 15) is 13.5 Å². The van der Waals surface area contributed by atoms with Gasteiger partial charge in [-0.05, 0) is 48.4 Å². The molecule has 216 valence electrons. The largest absolute Gasteiger partial charge is 0.396 e. The van der Waals surface area contributed by atoms with E-state index in [0.29, 0.717) is 36.6 Å². The lowest BCUT2D eigenvalue weighted by atomic mass is 9.88. The third-order valence-electron chi connectivity index (χ3n) is 8.35. The van der Waals surface area contributed by atoms with Gasteiger partial charge in [0.1, 0.15) is 21.5 Å². The molecule has 4 atom stereocenters. The van der Waals surface area contributed by atoms with Crippen LogP contribution < -0.4 is 15.1 Å². The molecular weight excluding hydrogens is 528 g/mol. The van der Waals surface area contributed by atoms with Gasteiger partial charge in [-0.2, -0.15) is 4.98 Å². The number of aliphatic hydroxyl groups excluding tert-OH is 1. The number of sulfone groups is 1. The first-order valence-corrected chi connectivity index (χ1v) is 16.0. The molecule has 0 aliphatic carbocycles. The van der Waals surface area contributed by atoms with Crippen LogP contribution in [0.3, 0.4) is 0 Å². The molecule has 3 aromatic rings. The fraction of sp³-hybridized carbons (Fsp3) is 0.552. The van der Waals surface area contributed by atoms with Gasteiger partial charge in [0.15, 0.2) is 0 Å². The van der Waals surface area contributed by atoms with Gasteiger partial charge in [0.2, 0.25) is 5.95 Å². The van der Waals surface area contributed by atoms with Crippen molar-refractivity contribution in [1.29, 1.82) is 0 Å². The number of aliphatic hydroxyl groups is 1. The minimum Gasteiger partial charge on any atom is -0.396 e. The number of fused-ring (bicyclic) bond motifs is 1. The van der Waals surface area contributed by atoms with Crippen LogP contribution in [0.15, 0.2) is 36.7 Å². The van der Waals surface area contributed by atoms with Gasteiger partial charge >= 0.3 is 0 Å². The maximum absolute atomic E-state index is 11.8. The van der Waals surface area contributed by atoms with Crippen LogP contribution in [0.5, 0.6) is 0 Å². The molecule has 2 saturated heterocycles. The van der Waals surface area contributed by atoms with Gasteiger partial charge in [-0.25, -0.2) is 18.4 Å². The predicted octanol–water partition coefficient (Wildman–Crippen LogP) is 3.59. The number of benzene rings is 1. The van der Waals surface area contributed by atoms with E-state index in [-0.39, 0.29) is 36.3 Å². The molecule has 2 aromatic heterocycles. The summed E-state index contributed by atoms with van der Waals surface area (Å²) >= 11 is 0. The molecule has 5 rings (SSSR count). The fourth-order valence-electron chi connectivity index (χ4n) is 6.03. The predicted molar refractivity (Wildman–Crippen MR) is 159 cm³/mol. The zero-order valence-corrected chi connectivity index (χ0v) is 24.7. The van der Waals surface area contributed by atoms with Crippen molar-refractivity contribution in [3.8, 4) is 0 Å². The van der Waals surface area contributed by atoms with E-state index in [4.69, 9.17) is 14.7 Å². The van der Waals surface area contributed by atoms with Crippen LogP contribution in [-0.2, 0) is 14.6 Å². The topological polar surface area (TPSA) is 121 Å². The second-order valence-corrected chi connectivity index (χ2v) is 13.7. The van der Waals surface area contributed by atoms with Crippen LogP contribution >= 0.6 is 0 Å². The molecule has 4 heterocycles. The molecule has 40 heavy (non-hydrogen) atoms. The number of pyridine rings is 1. The number of piperidine rings is 1. The standard InChI is InChI=1S/C29H40N6O4S/c1-18(2)22-6-7-25(35-15-21(19(35)3)17-40(5,37)38)24-13-31-28(12-23(22)24)32-27-8-10-30-29(33-27)34-11-9-26(39-4)20(14-34)16-36/h6-8,10,12-13,18-21,26,36H,9,11,14-17H2,1-5H3,(H,30,31,32,33)/t19-,20+,21-,26-/m1/s1. The molecule has 1 aromatic carbocycles. The van der Waals surface area contributed by atoms with Crippen molar-refractivity contribution in [2.24, 2.45) is 11.8 Å². The lowest BCUT2D eigenvalue weighted by Crippen LogP contribution is -2.57. The number of anilines is 4. The molecule has 0 saturated carbocycles. The third kappa shape index (κ3) is 5.87. The number of aromatic nitrogens is 3. The average molecular weight is 569 g/mol. The first-order valence-electron chi connectivity index (χ1n) is 13.9. The van der Waals surface area contributed by atoms with E-state index in [1.54, 1.807) is 13.3 Å². The van der Waals surface area contributed by atoms with E-state index in [2.05, 4.69) is 59.1 Å². The zero-order valence-electron chi connectivity index (χ0n) is 23.9. The highest BCUT2D eigenvalue weighted by Crippen LogP contribution is 2.39. The Morgan fingerprint density at radius 3 is 2.60 bits per heavy atom. The van der Waals surface area contributed by atoms with Crippen LogP contribution in [0.25, 0.3) is 10.8 Å². The summed E-state index contributed by atoms with van der Waals surface area (Å²) in [6.45, 7) is 8.62. The van der Waals surface area contributed by atoms with E-state index in [1.807, 2.05) is 12.3 Å². The van der Waals surface area contributed by atoms with Crippen molar-refractivity contribution < 1.29 is 18.3 Å². The highest BCUT2D eigenvalue weighted by molar-refractivity contribution is 7.90. The van der Waals surface area contributed by atoms with Crippen LogP contribution in [-0.4, -0.2) is 86.0 Å². The van der Waals surface area contributed by atoms with Crippen molar-refractivity contribution in [1.82, 2.24) is 15.0 Å². The summed E-state index contributed by atoms with van der Waals surface area (Å²) in [6.07, 6.45) is 5.79. The second-order valence-electron chi connectivity index (χ2n) is 11.5. The molecular formula is C29H40N6O4S. The third-order valence-corrected chi connectivity index (χ3v) is 9.38. The molecule has 2 N–H and O–H groups in total. The van der Waals surface area contributed by atoms with Gasteiger partial charge in [-0.1, -0.05) is 19.9 Å². The Hall–Kier alpha value is -3.02. The van der Waals surface area contributed by atoms with Crippen LogP contribution in [0, 0.1) is 11.8 Å². The molecule has 0 unspecified atom stereocenters. The van der Waals surface area contributed by atoms with Crippen LogP contribution in [0.1, 0.15) is 38.7 Å². The van der Waals surface area contributed by atoms with Crippen molar-refractivity contribution in [3.63, 3.8) is 0 Å². The summed E-state index contributed by atoms with van der Waals surface area (Å²) in [5, 5.41) is 15.3. The van der Waals surface area contributed by atoms with Crippen molar-refractivity contribution in [2.45, 2.75) is 45.3 Å². The van der Waals surface area contributed by atoms with Crippen LogP contribution in [0.2, 0.25) is 0 Å². The first kappa shape index (κ1) is 28.5. The number of rotatable bonds is 9. The fourth-order valence-corrected chi connectivity index (χ4v) is 7.20. The van der Waals surface area contributed by atoms with Crippen molar-refractivity contribution in [2.75, 3.05) is 60.5 Å². The Morgan fingerprint density at radius 2 is 1.93 bits per heavy atom. The summed E-state index contributed by atoms with van der Waals surface area (Å²) in [7, 11) is -1.33. The monoisotopic (exact) mass is 568 g/mol. The molecule has 0 amide bonds. The molecule has 11 heteroatoms. The average Bonchev–Trinajstić information content (AvgIpc) is 2.93. The van der Waals surface area contributed by atoms with Gasteiger partial charge in [0.25, 0.3) is 0 Å². The maximum Gasteiger partial charge on any atom is 0.227 e. The van der Waals surface area contributed by atoms with Crippen LogP contribution in [0.4, 0.5) is 23.3 Å². The Morgan fingerprint density at radius 1 is 1.12 bits per heavy atom. The molecule has 2 aliphatic heterocycles. The Bertz CT molecular complexity index is 1470. The van der Waals surface area contributed by atoms with E-state index < -0.39 is 9.84 Å². The Kier molecular flexibility index (Phi) is 8.17. The maximum atomic E-state index is 11.8. The summed E-state index contributed by atoms with van der Waals surface area (Å²) in [5.41, 5.74) is 2.31. The Balaban J connectivity index is 1.39. The number of ether oxygens (including phenoxy) is 1. The van der Waals surface area contributed by atoms with E-state index in [0.717, 1.165) is 29.4 Å². The highest BCUT2D eigenvalue weighted by Gasteiger charge is 2.38. The van der Waals surface area contributed by atoms with Gasteiger partial charge in [-0.3, -0.25) is 0 Å². The molecule has 10 nitrogen and oxygen atoms in total. The second kappa shape index (κ2) is 11.5. The number of nitrogens with zero attached hydrogens (tertiary/aromatic N) is 5. The number of hydrogen-bond donors (Lipinski definition) is 2. The molecule has 2 aliphatic rings. The van der Waals surface area contributed by atoms with E-state index in [1.165, 1.54) is 11.8 Å². The lowest BCUT2D eigenvalue weighted by Gasteiger charge is -2.48. The van der Waals surface area contributed by atoms with E-state index >= 15 is 0 Å². The highest BCUT2D eigenvalue weighted by atomic mass is 32.2. The minimum absolute atomic E-state index is 0.0144. The number of nitrogens with one attached hydrogen (secondary N) is 1. The minimum atomic E-state index is -3.01. The molecule has 2 fully saturated rings. The quantitative estimate of drug-likeness (QED) is 0.396. The van der Waals surface area contributed by atoms with Gasteiger partial charge in [0.05, 0.1) is 18.5 Å². The summed E-state index contributed by atoms with van der Waals surface area (Å²) < 4.78 is 29.2. The smallest absolute Gasteiger partial charge is 0.227 e. The van der Waals surface area contributed by atoms with Gasteiger partial charge < -0.3 is 25.0 Å². The lowest BCUT2D eigenvalue weighted by molar-refractivity contribution is 0.0137. The summed E-state index contributed by atoms with van der Waals surface area (Å²) in [6, 6.07) is 8.35. The first-order chi connectivity index (χ1) is 19.1. The Labute approximate surface area is 236 Å². The van der Waals surface area contributed by atoms with Gasteiger partial charge in [0, 0.05) is 74.3 Å². The van der Waals surface area contributed by atoms with Crippen molar-refractivity contribution >= 4 is 43.9 Å². The summed E-state index contributed by atoms with van der Waals surface area (Å²) in [4.78, 5) is 18.3. The number of methoxy groups -OCH3 is 1. The molecule has 0 radical (unpaired) electrons.